The average Bonchev–Trinajstić information content (AvgIpc) is 2.91. The van der Waals surface area contributed by atoms with Crippen LogP contribution < -0.4 is 10.5 Å². The van der Waals surface area contributed by atoms with Crippen molar-refractivity contribution in [2.24, 2.45) is 11.7 Å². The van der Waals surface area contributed by atoms with Gasteiger partial charge < -0.3 is 15.4 Å². The molecule has 1 aromatic carbocycles. The lowest BCUT2D eigenvalue weighted by Gasteiger charge is -2.36. The molecule has 116 valence electrons. The normalized spacial score (nSPS) is 24.6. The zero-order valence-electron chi connectivity index (χ0n) is 13.0. The van der Waals surface area contributed by atoms with Crippen LogP contribution in [0.2, 0.25) is 0 Å². The zero-order chi connectivity index (χ0) is 14.7. The van der Waals surface area contributed by atoms with Gasteiger partial charge in [0, 0.05) is 45.7 Å². The van der Waals surface area contributed by atoms with Gasteiger partial charge in [-0.05, 0) is 24.1 Å². The van der Waals surface area contributed by atoms with Gasteiger partial charge in [-0.15, -0.1) is 0 Å². The van der Waals surface area contributed by atoms with E-state index in [2.05, 4.69) is 41.0 Å². The maximum Gasteiger partial charge on any atom is 0.123 e. The molecule has 0 aromatic heterocycles. The van der Waals surface area contributed by atoms with E-state index in [9.17, 15) is 0 Å². The fourth-order valence-corrected chi connectivity index (χ4v) is 3.31. The molecular weight excluding hydrogens is 262 g/mol. The van der Waals surface area contributed by atoms with Gasteiger partial charge in [-0.1, -0.05) is 25.1 Å². The lowest BCUT2D eigenvalue weighted by Crippen LogP contribution is -2.50. The maximum absolute atomic E-state index is 6.05. The zero-order valence-corrected chi connectivity index (χ0v) is 13.0. The Hall–Kier alpha value is -1.10. The van der Waals surface area contributed by atoms with E-state index in [-0.39, 0.29) is 0 Å². The lowest BCUT2D eigenvalue weighted by atomic mass is 10.1. The molecule has 2 atom stereocenters. The van der Waals surface area contributed by atoms with Crippen LogP contribution in [-0.4, -0.2) is 61.7 Å². The molecule has 0 radical (unpaired) electrons. The molecule has 0 spiro atoms. The number of piperazine rings is 1. The quantitative estimate of drug-likeness (QED) is 0.884. The van der Waals surface area contributed by atoms with E-state index in [0.29, 0.717) is 12.0 Å². The highest BCUT2D eigenvalue weighted by Crippen LogP contribution is 2.28. The summed E-state index contributed by atoms with van der Waals surface area (Å²) >= 11 is 0. The van der Waals surface area contributed by atoms with Crippen LogP contribution in [0, 0.1) is 5.92 Å². The molecule has 2 unspecified atom stereocenters. The summed E-state index contributed by atoms with van der Waals surface area (Å²) in [5, 5.41) is 0. The van der Waals surface area contributed by atoms with E-state index in [4.69, 9.17) is 10.5 Å². The van der Waals surface area contributed by atoms with E-state index in [0.717, 1.165) is 58.0 Å². The summed E-state index contributed by atoms with van der Waals surface area (Å²) in [5.41, 5.74) is 7.07. The van der Waals surface area contributed by atoms with Crippen molar-refractivity contribution < 1.29 is 4.74 Å². The van der Waals surface area contributed by atoms with Gasteiger partial charge in [0.1, 0.15) is 11.9 Å². The summed E-state index contributed by atoms with van der Waals surface area (Å²) in [5.74, 6) is 1.68. The minimum Gasteiger partial charge on any atom is -0.488 e. The second-order valence-electron chi connectivity index (χ2n) is 6.49. The van der Waals surface area contributed by atoms with Gasteiger partial charge in [0.15, 0.2) is 0 Å². The summed E-state index contributed by atoms with van der Waals surface area (Å²) in [7, 11) is 0. The molecular formula is C17H27N3O. The Morgan fingerprint density at radius 2 is 1.90 bits per heavy atom. The van der Waals surface area contributed by atoms with Crippen LogP contribution in [0.4, 0.5) is 0 Å². The molecule has 21 heavy (non-hydrogen) atoms. The van der Waals surface area contributed by atoms with Gasteiger partial charge in [0.25, 0.3) is 0 Å². The minimum atomic E-state index is 0.330. The van der Waals surface area contributed by atoms with Gasteiger partial charge in [0.05, 0.1) is 0 Å². The van der Waals surface area contributed by atoms with Gasteiger partial charge in [0.2, 0.25) is 0 Å². The van der Waals surface area contributed by atoms with Crippen LogP contribution in [0.25, 0.3) is 0 Å². The molecule has 1 fully saturated rings. The Balaban J connectivity index is 1.43. The molecule has 4 heteroatoms. The second-order valence-corrected chi connectivity index (χ2v) is 6.49. The lowest BCUT2D eigenvalue weighted by molar-refractivity contribution is 0.0862. The third-order valence-electron chi connectivity index (χ3n) is 4.61. The summed E-state index contributed by atoms with van der Waals surface area (Å²) in [6, 6.07) is 8.42. The molecule has 1 saturated heterocycles. The van der Waals surface area contributed by atoms with Crippen LogP contribution in [0.1, 0.15) is 12.5 Å². The van der Waals surface area contributed by atoms with Crippen molar-refractivity contribution in [1.82, 2.24) is 9.80 Å². The fraction of sp³-hybridized carbons (Fsp3) is 0.647. The average molecular weight is 289 g/mol. The molecule has 3 rings (SSSR count). The molecule has 2 N–H and O–H groups in total. The van der Waals surface area contributed by atoms with Crippen LogP contribution in [0.15, 0.2) is 24.3 Å². The number of rotatable bonds is 5. The number of nitrogens with zero attached hydrogens (tertiary/aromatic N) is 2. The number of nitrogens with two attached hydrogens (primary N) is 1. The third-order valence-corrected chi connectivity index (χ3v) is 4.61. The molecule has 2 aliphatic heterocycles. The predicted octanol–water partition coefficient (Wildman–Crippen LogP) is 1.20. The first kappa shape index (κ1) is 14.8. The van der Waals surface area contributed by atoms with Gasteiger partial charge in [-0.2, -0.15) is 0 Å². The Morgan fingerprint density at radius 1 is 1.19 bits per heavy atom. The minimum absolute atomic E-state index is 0.330. The van der Waals surface area contributed by atoms with Crippen LogP contribution in [0.5, 0.6) is 5.75 Å². The molecule has 0 bridgehead atoms. The molecule has 4 nitrogen and oxygen atoms in total. The van der Waals surface area contributed by atoms with Crippen molar-refractivity contribution in [1.29, 1.82) is 0 Å². The number of benzene rings is 1. The molecule has 0 saturated carbocycles. The van der Waals surface area contributed by atoms with E-state index in [1.165, 1.54) is 5.56 Å². The standard InChI is InChI=1S/C17H27N3O/c1-14(11-18)12-19-6-8-20(9-7-19)13-16-10-15-4-2-3-5-17(15)21-16/h2-5,14,16H,6-13,18H2,1H3. The van der Waals surface area contributed by atoms with Gasteiger partial charge in [-0.25, -0.2) is 0 Å². The van der Waals surface area contributed by atoms with Crippen LogP contribution in [-0.2, 0) is 6.42 Å². The van der Waals surface area contributed by atoms with Crippen molar-refractivity contribution in [2.45, 2.75) is 19.4 Å². The topological polar surface area (TPSA) is 41.7 Å². The SMILES string of the molecule is CC(CN)CN1CCN(CC2Cc3ccccc3O2)CC1. The number of hydrogen-bond donors (Lipinski definition) is 1. The van der Waals surface area contributed by atoms with Crippen molar-refractivity contribution in [3.63, 3.8) is 0 Å². The summed E-state index contributed by atoms with van der Waals surface area (Å²) < 4.78 is 6.05. The van der Waals surface area contributed by atoms with E-state index >= 15 is 0 Å². The molecule has 0 amide bonds. The van der Waals surface area contributed by atoms with Crippen molar-refractivity contribution in [3.8, 4) is 5.75 Å². The highest BCUT2D eigenvalue weighted by atomic mass is 16.5. The van der Waals surface area contributed by atoms with Gasteiger partial charge >= 0.3 is 0 Å². The Kier molecular flexibility index (Phi) is 4.78. The number of fused-ring (bicyclic) bond motifs is 1. The number of hydrogen-bond acceptors (Lipinski definition) is 4. The van der Waals surface area contributed by atoms with Crippen LogP contribution >= 0.6 is 0 Å². The number of para-hydroxylation sites is 1. The van der Waals surface area contributed by atoms with Gasteiger partial charge in [-0.3, -0.25) is 4.90 Å². The first-order chi connectivity index (χ1) is 10.2. The molecule has 2 aliphatic rings. The maximum atomic E-state index is 6.05. The number of ether oxygens (including phenoxy) is 1. The largest absolute Gasteiger partial charge is 0.488 e. The highest BCUT2D eigenvalue weighted by molar-refractivity contribution is 5.37. The van der Waals surface area contributed by atoms with Crippen LogP contribution in [0.3, 0.4) is 0 Å². The Bertz CT molecular complexity index is 432. The smallest absolute Gasteiger partial charge is 0.123 e. The monoisotopic (exact) mass is 289 g/mol. The van der Waals surface area contributed by atoms with Crippen molar-refractivity contribution in [2.75, 3.05) is 45.8 Å². The van der Waals surface area contributed by atoms with E-state index < -0.39 is 0 Å². The van der Waals surface area contributed by atoms with E-state index in [1.807, 2.05) is 0 Å². The second kappa shape index (κ2) is 6.77. The molecule has 1 aromatic rings. The predicted molar refractivity (Wildman–Crippen MR) is 85.7 cm³/mol. The summed E-state index contributed by atoms with van der Waals surface area (Å²) in [6.45, 7) is 9.81. The fourth-order valence-electron chi connectivity index (χ4n) is 3.31. The Morgan fingerprint density at radius 3 is 2.62 bits per heavy atom. The molecule has 0 aliphatic carbocycles. The molecule has 2 heterocycles. The Labute approximate surface area is 127 Å². The van der Waals surface area contributed by atoms with Crippen molar-refractivity contribution >= 4 is 0 Å². The summed E-state index contributed by atoms with van der Waals surface area (Å²) in [6.07, 6.45) is 1.39. The third kappa shape index (κ3) is 3.76. The summed E-state index contributed by atoms with van der Waals surface area (Å²) in [4.78, 5) is 5.08. The first-order valence-electron chi connectivity index (χ1n) is 8.14. The van der Waals surface area contributed by atoms with E-state index in [1.54, 1.807) is 0 Å². The highest BCUT2D eigenvalue weighted by Gasteiger charge is 2.26. The van der Waals surface area contributed by atoms with Crippen molar-refractivity contribution in [3.05, 3.63) is 29.8 Å². The first-order valence-corrected chi connectivity index (χ1v) is 8.14.